The highest BCUT2D eigenvalue weighted by Crippen LogP contribution is 2.11. The summed E-state index contributed by atoms with van der Waals surface area (Å²) in [4.78, 5) is 11.7. The summed E-state index contributed by atoms with van der Waals surface area (Å²) < 4.78 is 5.09. The number of ether oxygens (including phenoxy) is 1. The molecule has 0 spiro atoms. The Hall–Kier alpha value is -1.75. The van der Waals surface area contributed by atoms with Gasteiger partial charge in [-0.15, -0.1) is 0 Å². The van der Waals surface area contributed by atoms with Crippen molar-refractivity contribution < 1.29 is 14.6 Å². The number of amides is 2. The van der Waals surface area contributed by atoms with E-state index in [1.165, 1.54) is 0 Å². The van der Waals surface area contributed by atoms with Crippen LogP contribution in [0.25, 0.3) is 0 Å². The number of hydrogen-bond donors (Lipinski definition) is 3. The second-order valence-electron chi connectivity index (χ2n) is 4.62. The van der Waals surface area contributed by atoms with Gasteiger partial charge in [-0.05, 0) is 37.0 Å². The van der Waals surface area contributed by atoms with Crippen LogP contribution in [0.4, 0.5) is 4.79 Å². The van der Waals surface area contributed by atoms with Crippen LogP contribution in [-0.4, -0.2) is 37.4 Å². The number of urea groups is 1. The van der Waals surface area contributed by atoms with Crippen molar-refractivity contribution in [2.24, 2.45) is 0 Å². The van der Waals surface area contributed by atoms with Crippen LogP contribution in [0, 0.1) is 0 Å². The summed E-state index contributed by atoms with van der Waals surface area (Å²) in [6, 6.07) is 7.63. The zero-order valence-corrected chi connectivity index (χ0v) is 12.2. The fourth-order valence-electron chi connectivity index (χ4n) is 1.88. The summed E-state index contributed by atoms with van der Waals surface area (Å²) >= 11 is 0. The first-order valence-corrected chi connectivity index (χ1v) is 6.97. The Bertz CT molecular complexity index is 393. The van der Waals surface area contributed by atoms with Gasteiger partial charge in [0.05, 0.1) is 7.11 Å². The standard InChI is InChI=1S/C15H24N2O3/c1-3-13(9-11-18)17-15(19)16-10-8-12-4-6-14(20-2)7-5-12/h4-7,13,18H,3,8-11H2,1-2H3,(H2,16,17,19). The van der Waals surface area contributed by atoms with E-state index in [4.69, 9.17) is 9.84 Å². The first-order valence-electron chi connectivity index (χ1n) is 6.97. The number of aliphatic hydroxyl groups is 1. The van der Waals surface area contributed by atoms with Crippen LogP contribution in [0.15, 0.2) is 24.3 Å². The van der Waals surface area contributed by atoms with Crippen LogP contribution in [0.1, 0.15) is 25.3 Å². The fourth-order valence-corrected chi connectivity index (χ4v) is 1.88. The molecule has 0 aliphatic carbocycles. The van der Waals surface area contributed by atoms with E-state index in [-0.39, 0.29) is 18.7 Å². The van der Waals surface area contributed by atoms with Crippen molar-refractivity contribution in [2.45, 2.75) is 32.2 Å². The maximum absolute atomic E-state index is 11.7. The van der Waals surface area contributed by atoms with Gasteiger partial charge in [0.1, 0.15) is 5.75 Å². The Labute approximate surface area is 120 Å². The first-order chi connectivity index (χ1) is 9.69. The minimum Gasteiger partial charge on any atom is -0.497 e. The van der Waals surface area contributed by atoms with E-state index in [0.717, 1.165) is 24.2 Å². The van der Waals surface area contributed by atoms with E-state index in [0.29, 0.717) is 13.0 Å². The number of carbonyl (C=O) groups excluding carboxylic acids is 1. The summed E-state index contributed by atoms with van der Waals surface area (Å²) in [7, 11) is 1.64. The molecule has 0 radical (unpaired) electrons. The van der Waals surface area contributed by atoms with Gasteiger partial charge in [-0.1, -0.05) is 19.1 Å². The van der Waals surface area contributed by atoms with Gasteiger partial charge < -0.3 is 20.5 Å². The van der Waals surface area contributed by atoms with Gasteiger partial charge in [0, 0.05) is 19.2 Å². The van der Waals surface area contributed by atoms with Crippen molar-refractivity contribution in [1.82, 2.24) is 10.6 Å². The molecule has 20 heavy (non-hydrogen) atoms. The molecule has 0 saturated carbocycles. The smallest absolute Gasteiger partial charge is 0.315 e. The summed E-state index contributed by atoms with van der Waals surface area (Å²) in [6.45, 7) is 2.65. The minimum atomic E-state index is -0.182. The molecule has 0 bridgehead atoms. The van der Waals surface area contributed by atoms with Crippen molar-refractivity contribution in [3.8, 4) is 5.75 Å². The summed E-state index contributed by atoms with van der Waals surface area (Å²) in [5.41, 5.74) is 1.15. The van der Waals surface area contributed by atoms with Gasteiger partial charge in [-0.25, -0.2) is 4.79 Å². The van der Waals surface area contributed by atoms with Gasteiger partial charge >= 0.3 is 6.03 Å². The van der Waals surface area contributed by atoms with Crippen LogP contribution in [0.3, 0.4) is 0 Å². The molecule has 0 aromatic heterocycles. The monoisotopic (exact) mass is 280 g/mol. The maximum Gasteiger partial charge on any atom is 0.315 e. The van der Waals surface area contributed by atoms with Gasteiger partial charge in [-0.2, -0.15) is 0 Å². The Kier molecular flexibility index (Phi) is 7.50. The topological polar surface area (TPSA) is 70.6 Å². The van der Waals surface area contributed by atoms with Gasteiger partial charge in [0.2, 0.25) is 0 Å². The van der Waals surface area contributed by atoms with E-state index < -0.39 is 0 Å². The molecule has 0 fully saturated rings. The number of aliphatic hydroxyl groups excluding tert-OH is 1. The third-order valence-electron chi connectivity index (χ3n) is 3.16. The van der Waals surface area contributed by atoms with Gasteiger partial charge in [0.25, 0.3) is 0 Å². The van der Waals surface area contributed by atoms with Crippen molar-refractivity contribution in [3.63, 3.8) is 0 Å². The molecule has 112 valence electrons. The number of benzene rings is 1. The van der Waals surface area contributed by atoms with E-state index >= 15 is 0 Å². The van der Waals surface area contributed by atoms with E-state index in [9.17, 15) is 4.79 Å². The second kappa shape index (κ2) is 9.20. The molecule has 1 aromatic carbocycles. The van der Waals surface area contributed by atoms with E-state index in [2.05, 4.69) is 10.6 Å². The zero-order valence-electron chi connectivity index (χ0n) is 12.2. The molecule has 0 heterocycles. The number of nitrogens with one attached hydrogen (secondary N) is 2. The molecular formula is C15H24N2O3. The number of methoxy groups -OCH3 is 1. The van der Waals surface area contributed by atoms with Crippen LogP contribution >= 0.6 is 0 Å². The molecule has 5 nitrogen and oxygen atoms in total. The molecular weight excluding hydrogens is 256 g/mol. The van der Waals surface area contributed by atoms with Gasteiger partial charge in [0.15, 0.2) is 0 Å². The quantitative estimate of drug-likeness (QED) is 0.679. The van der Waals surface area contributed by atoms with E-state index in [1.807, 2.05) is 31.2 Å². The first kappa shape index (κ1) is 16.3. The third-order valence-corrected chi connectivity index (χ3v) is 3.16. The Morgan fingerprint density at radius 3 is 2.60 bits per heavy atom. The number of hydrogen-bond acceptors (Lipinski definition) is 3. The zero-order chi connectivity index (χ0) is 14.8. The Balaban J connectivity index is 2.26. The molecule has 0 aliphatic rings. The molecule has 1 aromatic rings. The molecule has 5 heteroatoms. The maximum atomic E-state index is 11.7. The van der Waals surface area contributed by atoms with Crippen LogP contribution in [-0.2, 0) is 6.42 Å². The predicted octanol–water partition coefficient (Wildman–Crippen LogP) is 1.70. The van der Waals surface area contributed by atoms with Crippen molar-refractivity contribution >= 4 is 6.03 Å². The summed E-state index contributed by atoms with van der Waals surface area (Å²) in [6.07, 6.45) is 2.17. The molecule has 2 amide bonds. The lowest BCUT2D eigenvalue weighted by Crippen LogP contribution is -2.42. The van der Waals surface area contributed by atoms with Gasteiger partial charge in [-0.3, -0.25) is 0 Å². The number of rotatable bonds is 8. The molecule has 1 unspecified atom stereocenters. The Morgan fingerprint density at radius 2 is 2.05 bits per heavy atom. The van der Waals surface area contributed by atoms with Crippen molar-refractivity contribution in [3.05, 3.63) is 29.8 Å². The van der Waals surface area contributed by atoms with Crippen molar-refractivity contribution in [1.29, 1.82) is 0 Å². The lowest BCUT2D eigenvalue weighted by Gasteiger charge is -2.16. The minimum absolute atomic E-state index is 0.0287. The van der Waals surface area contributed by atoms with Crippen molar-refractivity contribution in [2.75, 3.05) is 20.3 Å². The van der Waals surface area contributed by atoms with Crippen LogP contribution in [0.5, 0.6) is 5.75 Å². The summed E-state index contributed by atoms with van der Waals surface area (Å²) in [5, 5.41) is 14.5. The highest BCUT2D eigenvalue weighted by Gasteiger charge is 2.08. The number of carbonyl (C=O) groups is 1. The average molecular weight is 280 g/mol. The summed E-state index contributed by atoms with van der Waals surface area (Å²) in [5.74, 6) is 0.828. The lowest BCUT2D eigenvalue weighted by molar-refractivity contribution is 0.228. The average Bonchev–Trinajstić information content (AvgIpc) is 2.47. The lowest BCUT2D eigenvalue weighted by atomic mass is 10.1. The molecule has 0 saturated heterocycles. The molecule has 0 aliphatic heterocycles. The normalized spacial score (nSPS) is 11.8. The highest BCUT2D eigenvalue weighted by molar-refractivity contribution is 5.74. The van der Waals surface area contributed by atoms with Crippen LogP contribution in [0.2, 0.25) is 0 Å². The third kappa shape index (κ3) is 5.93. The Morgan fingerprint density at radius 1 is 1.35 bits per heavy atom. The highest BCUT2D eigenvalue weighted by atomic mass is 16.5. The van der Waals surface area contributed by atoms with Crippen LogP contribution < -0.4 is 15.4 Å². The largest absolute Gasteiger partial charge is 0.497 e. The van der Waals surface area contributed by atoms with E-state index in [1.54, 1.807) is 7.11 Å². The molecule has 1 rings (SSSR count). The molecule has 3 N–H and O–H groups in total. The SMILES string of the molecule is CCC(CCO)NC(=O)NCCc1ccc(OC)cc1. The predicted molar refractivity (Wildman–Crippen MR) is 79.0 cm³/mol. The fraction of sp³-hybridized carbons (Fsp3) is 0.533. The second-order valence-corrected chi connectivity index (χ2v) is 4.62. The molecule has 1 atom stereocenters.